The highest BCUT2D eigenvalue weighted by molar-refractivity contribution is 7.92. The Bertz CT molecular complexity index is 682. The van der Waals surface area contributed by atoms with Crippen molar-refractivity contribution in [2.24, 2.45) is 0 Å². The van der Waals surface area contributed by atoms with Crippen molar-refractivity contribution < 1.29 is 12.9 Å². The minimum Gasteiger partial charge on any atom is -0.362 e. The molecule has 0 bridgehead atoms. The SMILES string of the molecule is Cc1nocc1NS(=O)(=O)c1cccc(Cl)c1Cl. The Morgan fingerprint density at radius 1 is 1.33 bits per heavy atom. The van der Waals surface area contributed by atoms with E-state index in [1.807, 2.05) is 0 Å². The molecule has 0 spiro atoms. The summed E-state index contributed by atoms with van der Waals surface area (Å²) in [5.74, 6) is 0. The van der Waals surface area contributed by atoms with Crippen LogP contribution in [0.25, 0.3) is 0 Å². The lowest BCUT2D eigenvalue weighted by atomic mass is 10.4. The number of anilines is 1. The maximum atomic E-state index is 12.1. The highest BCUT2D eigenvalue weighted by Crippen LogP contribution is 2.30. The zero-order valence-electron chi connectivity index (χ0n) is 9.15. The molecule has 0 aliphatic heterocycles. The zero-order chi connectivity index (χ0) is 13.3. The van der Waals surface area contributed by atoms with E-state index in [0.717, 1.165) is 0 Å². The topological polar surface area (TPSA) is 72.2 Å². The molecule has 96 valence electrons. The highest BCUT2D eigenvalue weighted by Gasteiger charge is 2.21. The van der Waals surface area contributed by atoms with Crippen LogP contribution in [0, 0.1) is 6.92 Å². The van der Waals surface area contributed by atoms with Gasteiger partial charge in [0.25, 0.3) is 10.0 Å². The Morgan fingerprint density at radius 3 is 2.67 bits per heavy atom. The summed E-state index contributed by atoms with van der Waals surface area (Å²) in [6.45, 7) is 1.61. The van der Waals surface area contributed by atoms with Gasteiger partial charge >= 0.3 is 0 Å². The van der Waals surface area contributed by atoms with Gasteiger partial charge in [0.1, 0.15) is 22.5 Å². The lowest BCUT2D eigenvalue weighted by Crippen LogP contribution is -2.13. The fourth-order valence-electron chi connectivity index (χ4n) is 1.28. The Labute approximate surface area is 114 Å². The lowest BCUT2D eigenvalue weighted by molar-refractivity contribution is 0.415. The van der Waals surface area contributed by atoms with Gasteiger partial charge in [-0.25, -0.2) is 8.42 Å². The Balaban J connectivity index is 2.43. The van der Waals surface area contributed by atoms with E-state index >= 15 is 0 Å². The van der Waals surface area contributed by atoms with Gasteiger partial charge in [-0.2, -0.15) is 0 Å². The van der Waals surface area contributed by atoms with E-state index in [1.165, 1.54) is 24.5 Å². The molecule has 8 heteroatoms. The van der Waals surface area contributed by atoms with Gasteiger partial charge < -0.3 is 4.52 Å². The summed E-state index contributed by atoms with van der Waals surface area (Å²) in [5, 5.41) is 3.71. The molecule has 2 aromatic rings. The van der Waals surface area contributed by atoms with E-state index in [9.17, 15) is 8.42 Å². The quantitative estimate of drug-likeness (QED) is 0.945. The Hall–Kier alpha value is -1.24. The maximum Gasteiger partial charge on any atom is 0.263 e. The maximum absolute atomic E-state index is 12.1. The lowest BCUT2D eigenvalue weighted by Gasteiger charge is -2.08. The van der Waals surface area contributed by atoms with Crippen molar-refractivity contribution in [3.05, 3.63) is 40.2 Å². The molecule has 5 nitrogen and oxygen atoms in total. The molecule has 0 fully saturated rings. The van der Waals surface area contributed by atoms with Gasteiger partial charge in [0, 0.05) is 0 Å². The van der Waals surface area contributed by atoms with E-state index in [-0.39, 0.29) is 20.6 Å². The first-order chi connectivity index (χ1) is 8.42. The molecule has 0 aliphatic rings. The fourth-order valence-corrected chi connectivity index (χ4v) is 3.14. The smallest absolute Gasteiger partial charge is 0.263 e. The number of sulfonamides is 1. The minimum atomic E-state index is -3.83. The van der Waals surface area contributed by atoms with Gasteiger partial charge in [0.2, 0.25) is 0 Å². The number of halogens is 2. The monoisotopic (exact) mass is 306 g/mol. The third kappa shape index (κ3) is 2.45. The van der Waals surface area contributed by atoms with Crippen LogP contribution in [0.4, 0.5) is 5.69 Å². The van der Waals surface area contributed by atoms with Gasteiger partial charge in [0.05, 0.1) is 10.0 Å². The van der Waals surface area contributed by atoms with E-state index < -0.39 is 10.0 Å². The standard InChI is InChI=1S/C10H8Cl2N2O3S/c1-6-8(5-17-13-6)14-18(15,16)9-4-2-3-7(11)10(9)12/h2-5,14H,1H3. The fraction of sp³-hybridized carbons (Fsp3) is 0.100. The summed E-state index contributed by atoms with van der Waals surface area (Å²) >= 11 is 11.6. The molecule has 2 rings (SSSR count). The molecule has 0 saturated carbocycles. The number of nitrogens with one attached hydrogen (secondary N) is 1. The van der Waals surface area contributed by atoms with Crippen LogP contribution in [-0.4, -0.2) is 13.6 Å². The molecule has 0 atom stereocenters. The number of aromatic nitrogens is 1. The van der Waals surface area contributed by atoms with Gasteiger partial charge in [-0.3, -0.25) is 4.72 Å². The van der Waals surface area contributed by atoms with Gasteiger partial charge in [-0.15, -0.1) is 0 Å². The summed E-state index contributed by atoms with van der Waals surface area (Å²) in [6.07, 6.45) is 1.20. The molecule has 1 aromatic heterocycles. The molecular formula is C10H8Cl2N2O3S. The minimum absolute atomic E-state index is 0.0271. The molecule has 0 radical (unpaired) electrons. The second-order valence-corrected chi connectivity index (χ2v) is 5.91. The number of hydrogen-bond acceptors (Lipinski definition) is 4. The van der Waals surface area contributed by atoms with Crippen molar-refractivity contribution in [1.29, 1.82) is 0 Å². The zero-order valence-corrected chi connectivity index (χ0v) is 11.5. The van der Waals surface area contributed by atoms with Crippen molar-refractivity contribution in [3.63, 3.8) is 0 Å². The first kappa shape index (κ1) is 13.2. The third-order valence-corrected chi connectivity index (χ3v) is 4.54. The number of hydrogen-bond donors (Lipinski definition) is 1. The Kier molecular flexibility index (Phi) is 3.52. The summed E-state index contributed by atoms with van der Waals surface area (Å²) in [4.78, 5) is -0.0998. The van der Waals surface area contributed by atoms with Crippen LogP contribution < -0.4 is 4.72 Å². The highest BCUT2D eigenvalue weighted by atomic mass is 35.5. The molecule has 1 N–H and O–H groups in total. The van der Waals surface area contributed by atoms with Gasteiger partial charge in [-0.1, -0.05) is 34.4 Å². The first-order valence-electron chi connectivity index (χ1n) is 4.79. The summed E-state index contributed by atoms with van der Waals surface area (Å²) in [5.41, 5.74) is 0.683. The van der Waals surface area contributed by atoms with Crippen LogP contribution in [0.3, 0.4) is 0 Å². The molecule has 18 heavy (non-hydrogen) atoms. The van der Waals surface area contributed by atoms with Crippen molar-refractivity contribution in [1.82, 2.24) is 5.16 Å². The molecule has 0 unspecified atom stereocenters. The summed E-state index contributed by atoms with van der Waals surface area (Å²) < 4.78 is 31.2. The van der Waals surface area contributed by atoms with Crippen LogP contribution >= 0.6 is 23.2 Å². The predicted molar refractivity (Wildman–Crippen MR) is 68.5 cm³/mol. The van der Waals surface area contributed by atoms with Crippen LogP contribution in [0.15, 0.2) is 33.9 Å². The number of benzene rings is 1. The molecule has 1 aromatic carbocycles. The van der Waals surface area contributed by atoms with E-state index in [1.54, 1.807) is 6.92 Å². The van der Waals surface area contributed by atoms with E-state index in [0.29, 0.717) is 5.69 Å². The summed E-state index contributed by atoms with van der Waals surface area (Å²) in [6, 6.07) is 4.37. The predicted octanol–water partition coefficient (Wildman–Crippen LogP) is 3.09. The van der Waals surface area contributed by atoms with Crippen LogP contribution in [0.5, 0.6) is 0 Å². The molecule has 1 heterocycles. The van der Waals surface area contributed by atoms with Crippen molar-refractivity contribution in [2.45, 2.75) is 11.8 Å². The van der Waals surface area contributed by atoms with Crippen molar-refractivity contribution in [3.8, 4) is 0 Å². The van der Waals surface area contributed by atoms with Gasteiger partial charge in [0.15, 0.2) is 0 Å². The van der Waals surface area contributed by atoms with Crippen LogP contribution in [0.2, 0.25) is 10.0 Å². The van der Waals surface area contributed by atoms with E-state index in [4.69, 9.17) is 23.2 Å². The van der Waals surface area contributed by atoms with Crippen LogP contribution in [-0.2, 0) is 10.0 Å². The number of aryl methyl sites for hydroxylation is 1. The molecular weight excluding hydrogens is 299 g/mol. The van der Waals surface area contributed by atoms with Crippen LogP contribution in [0.1, 0.15) is 5.69 Å². The number of nitrogens with zero attached hydrogens (tertiary/aromatic N) is 1. The van der Waals surface area contributed by atoms with Crippen molar-refractivity contribution in [2.75, 3.05) is 4.72 Å². The molecule has 0 amide bonds. The van der Waals surface area contributed by atoms with Gasteiger partial charge in [-0.05, 0) is 19.1 Å². The first-order valence-corrected chi connectivity index (χ1v) is 7.03. The third-order valence-electron chi connectivity index (χ3n) is 2.20. The number of rotatable bonds is 3. The Morgan fingerprint density at radius 2 is 2.06 bits per heavy atom. The average Bonchev–Trinajstić information content (AvgIpc) is 2.67. The second kappa shape index (κ2) is 4.79. The van der Waals surface area contributed by atoms with Crippen molar-refractivity contribution >= 4 is 38.9 Å². The second-order valence-electron chi connectivity index (χ2n) is 3.47. The average molecular weight is 307 g/mol. The molecule has 0 saturated heterocycles. The largest absolute Gasteiger partial charge is 0.362 e. The molecule has 0 aliphatic carbocycles. The normalized spacial score (nSPS) is 11.5. The van der Waals surface area contributed by atoms with E-state index in [2.05, 4.69) is 14.4 Å². The summed E-state index contributed by atoms with van der Waals surface area (Å²) in [7, 11) is -3.83.